The maximum absolute atomic E-state index is 13.5. The molecule has 5 heteroatoms. The zero-order valence-corrected chi connectivity index (χ0v) is 11.8. The Morgan fingerprint density at radius 3 is 2.64 bits per heavy atom. The molecule has 0 unspecified atom stereocenters. The molecule has 3 rings (SSSR count). The molecule has 3 aromatic rings. The average molecular weight is 295 g/mol. The first-order valence-corrected chi connectivity index (χ1v) is 6.96. The van der Waals surface area contributed by atoms with Gasteiger partial charge in [-0.1, -0.05) is 18.2 Å². The monoisotopic (exact) mass is 295 g/mol. The van der Waals surface area contributed by atoms with Crippen LogP contribution < -0.4 is 5.32 Å². The molecule has 0 saturated carbocycles. The van der Waals surface area contributed by atoms with Crippen LogP contribution in [-0.4, -0.2) is 15.9 Å². The van der Waals surface area contributed by atoms with Crippen LogP contribution in [0.3, 0.4) is 0 Å². The highest BCUT2D eigenvalue weighted by atomic mass is 19.1. The van der Waals surface area contributed by atoms with Crippen LogP contribution in [-0.2, 0) is 11.2 Å². The van der Waals surface area contributed by atoms with E-state index < -0.39 is 0 Å². The number of halogens is 1. The Labute approximate surface area is 127 Å². The van der Waals surface area contributed by atoms with Crippen LogP contribution in [0, 0.1) is 5.82 Å². The van der Waals surface area contributed by atoms with Crippen LogP contribution in [0.2, 0.25) is 0 Å². The number of fused-ring (bicyclic) bond motifs is 1. The number of hydrogen-bond acceptors (Lipinski definition) is 3. The van der Waals surface area contributed by atoms with E-state index >= 15 is 0 Å². The first-order valence-electron chi connectivity index (χ1n) is 6.96. The van der Waals surface area contributed by atoms with Gasteiger partial charge in [-0.25, -0.2) is 4.39 Å². The number of anilines is 1. The van der Waals surface area contributed by atoms with Crippen LogP contribution in [0.5, 0.6) is 0 Å². The topological polar surface area (TPSA) is 54.9 Å². The molecule has 0 atom stereocenters. The highest BCUT2D eigenvalue weighted by Crippen LogP contribution is 2.16. The summed E-state index contributed by atoms with van der Waals surface area (Å²) in [5.41, 5.74) is 2.69. The van der Waals surface area contributed by atoms with Crippen molar-refractivity contribution in [2.75, 3.05) is 5.32 Å². The molecule has 0 radical (unpaired) electrons. The lowest BCUT2D eigenvalue weighted by Crippen LogP contribution is -2.12. The van der Waals surface area contributed by atoms with Gasteiger partial charge >= 0.3 is 0 Å². The molecule has 0 fully saturated rings. The molecule has 4 nitrogen and oxygen atoms in total. The molecule has 0 aliphatic rings. The lowest BCUT2D eigenvalue weighted by Gasteiger charge is -2.06. The fraction of sp³-hybridized carbons (Fsp3) is 0.118. The van der Waals surface area contributed by atoms with E-state index in [-0.39, 0.29) is 18.1 Å². The van der Waals surface area contributed by atoms with Crippen molar-refractivity contribution in [2.45, 2.75) is 12.8 Å². The third kappa shape index (κ3) is 3.25. The number of amides is 1. The Balaban J connectivity index is 1.64. The molecule has 110 valence electrons. The molecule has 1 amide bonds. The smallest absolute Gasteiger partial charge is 0.224 e. The van der Waals surface area contributed by atoms with E-state index in [9.17, 15) is 9.18 Å². The van der Waals surface area contributed by atoms with Gasteiger partial charge in [0.2, 0.25) is 5.91 Å². The van der Waals surface area contributed by atoms with Crippen molar-refractivity contribution >= 4 is 22.6 Å². The summed E-state index contributed by atoms with van der Waals surface area (Å²) in [4.78, 5) is 20.3. The minimum Gasteiger partial charge on any atom is -0.326 e. The molecule has 0 aliphatic carbocycles. The van der Waals surface area contributed by atoms with E-state index in [2.05, 4.69) is 15.3 Å². The van der Waals surface area contributed by atoms with Gasteiger partial charge in [0.25, 0.3) is 0 Å². The Hall–Kier alpha value is -2.82. The Bertz CT molecular complexity index is 820. The Kier molecular flexibility index (Phi) is 4.05. The van der Waals surface area contributed by atoms with E-state index in [0.29, 0.717) is 17.7 Å². The average Bonchev–Trinajstić information content (AvgIpc) is 2.54. The minimum absolute atomic E-state index is 0.161. The summed E-state index contributed by atoms with van der Waals surface area (Å²) in [5.74, 6) is -0.442. The van der Waals surface area contributed by atoms with Gasteiger partial charge in [-0.3, -0.25) is 14.8 Å². The zero-order chi connectivity index (χ0) is 15.4. The number of carbonyl (C=O) groups is 1. The molecule has 0 bridgehead atoms. The number of nitrogens with zero attached hydrogens (tertiary/aromatic N) is 2. The molecular formula is C17H14FN3O. The van der Waals surface area contributed by atoms with Crippen molar-refractivity contribution in [1.82, 2.24) is 9.97 Å². The van der Waals surface area contributed by atoms with E-state index in [1.54, 1.807) is 48.8 Å². The third-order valence-corrected chi connectivity index (χ3v) is 3.33. The van der Waals surface area contributed by atoms with E-state index in [0.717, 1.165) is 11.0 Å². The van der Waals surface area contributed by atoms with Crippen LogP contribution in [0.25, 0.3) is 11.0 Å². The maximum atomic E-state index is 13.5. The van der Waals surface area contributed by atoms with Gasteiger partial charge in [0.05, 0.1) is 11.0 Å². The standard InChI is InChI=1S/C17H14FN3O/c18-14-4-2-1-3-12(14)5-8-17(22)21-13-6-7-15-16(11-13)20-10-9-19-15/h1-4,6-7,9-11H,5,8H2,(H,21,22). The van der Waals surface area contributed by atoms with Crippen molar-refractivity contribution < 1.29 is 9.18 Å². The summed E-state index contributed by atoms with van der Waals surface area (Å²) in [5, 5.41) is 2.79. The summed E-state index contributed by atoms with van der Waals surface area (Å²) in [6.45, 7) is 0. The zero-order valence-electron chi connectivity index (χ0n) is 11.8. The summed E-state index contributed by atoms with van der Waals surface area (Å²) in [6, 6.07) is 11.8. The van der Waals surface area contributed by atoms with Gasteiger partial charge in [0.1, 0.15) is 5.82 Å². The van der Waals surface area contributed by atoms with Crippen LogP contribution >= 0.6 is 0 Å². The molecule has 22 heavy (non-hydrogen) atoms. The number of hydrogen-bond donors (Lipinski definition) is 1. The molecule has 1 aromatic heterocycles. The first-order chi connectivity index (χ1) is 10.7. The SMILES string of the molecule is O=C(CCc1ccccc1F)Nc1ccc2nccnc2c1. The lowest BCUT2D eigenvalue weighted by molar-refractivity contribution is -0.116. The Morgan fingerprint density at radius 2 is 1.82 bits per heavy atom. The summed E-state index contributed by atoms with van der Waals surface area (Å²) >= 11 is 0. The minimum atomic E-state index is -0.281. The summed E-state index contributed by atoms with van der Waals surface area (Å²) < 4.78 is 13.5. The number of nitrogens with one attached hydrogen (secondary N) is 1. The van der Waals surface area contributed by atoms with E-state index in [1.807, 2.05) is 0 Å². The fourth-order valence-electron chi connectivity index (χ4n) is 2.21. The van der Waals surface area contributed by atoms with Gasteiger partial charge < -0.3 is 5.32 Å². The summed E-state index contributed by atoms with van der Waals surface area (Å²) in [6.07, 6.45) is 3.81. The number of rotatable bonds is 4. The van der Waals surface area contributed by atoms with Gasteiger partial charge in [0, 0.05) is 24.5 Å². The van der Waals surface area contributed by atoms with Gasteiger partial charge in [-0.05, 0) is 36.2 Å². The first kappa shape index (κ1) is 14.1. The second-order valence-electron chi connectivity index (χ2n) is 4.90. The predicted molar refractivity (Wildman–Crippen MR) is 82.9 cm³/mol. The van der Waals surface area contributed by atoms with Crippen molar-refractivity contribution in [3.05, 3.63) is 66.2 Å². The molecule has 1 heterocycles. The molecule has 0 saturated heterocycles. The van der Waals surface area contributed by atoms with Crippen LogP contribution in [0.4, 0.5) is 10.1 Å². The van der Waals surface area contributed by atoms with Gasteiger partial charge in [-0.2, -0.15) is 0 Å². The van der Waals surface area contributed by atoms with Crippen molar-refractivity contribution in [2.24, 2.45) is 0 Å². The Morgan fingerprint density at radius 1 is 1.05 bits per heavy atom. The van der Waals surface area contributed by atoms with Crippen LogP contribution in [0.1, 0.15) is 12.0 Å². The van der Waals surface area contributed by atoms with E-state index in [4.69, 9.17) is 0 Å². The number of carbonyl (C=O) groups excluding carboxylic acids is 1. The third-order valence-electron chi connectivity index (χ3n) is 3.33. The largest absolute Gasteiger partial charge is 0.326 e. The van der Waals surface area contributed by atoms with Gasteiger partial charge in [-0.15, -0.1) is 0 Å². The predicted octanol–water partition coefficient (Wildman–Crippen LogP) is 3.34. The normalized spacial score (nSPS) is 10.6. The lowest BCUT2D eigenvalue weighted by atomic mass is 10.1. The van der Waals surface area contributed by atoms with Crippen molar-refractivity contribution in [1.29, 1.82) is 0 Å². The molecule has 0 aliphatic heterocycles. The van der Waals surface area contributed by atoms with Crippen molar-refractivity contribution in [3.63, 3.8) is 0 Å². The van der Waals surface area contributed by atoms with Crippen LogP contribution in [0.15, 0.2) is 54.9 Å². The maximum Gasteiger partial charge on any atom is 0.224 e. The highest BCUT2D eigenvalue weighted by molar-refractivity contribution is 5.93. The second kappa shape index (κ2) is 6.30. The second-order valence-corrected chi connectivity index (χ2v) is 4.90. The number of aryl methyl sites for hydroxylation is 1. The number of benzene rings is 2. The van der Waals surface area contributed by atoms with E-state index in [1.165, 1.54) is 6.07 Å². The molecule has 0 spiro atoms. The van der Waals surface area contributed by atoms with Crippen molar-refractivity contribution in [3.8, 4) is 0 Å². The number of aromatic nitrogens is 2. The molecule has 1 N–H and O–H groups in total. The fourth-order valence-corrected chi connectivity index (χ4v) is 2.21. The quantitative estimate of drug-likeness (QED) is 0.803. The molecular weight excluding hydrogens is 281 g/mol. The van der Waals surface area contributed by atoms with Gasteiger partial charge in [0.15, 0.2) is 0 Å². The molecule has 2 aromatic carbocycles. The summed E-state index contributed by atoms with van der Waals surface area (Å²) in [7, 11) is 0. The highest BCUT2D eigenvalue weighted by Gasteiger charge is 2.07.